The summed E-state index contributed by atoms with van der Waals surface area (Å²) in [5.41, 5.74) is 13.0. The summed E-state index contributed by atoms with van der Waals surface area (Å²) in [4.78, 5) is 8.64. The van der Waals surface area contributed by atoms with E-state index < -0.39 is 6.04 Å². The summed E-state index contributed by atoms with van der Waals surface area (Å²) < 4.78 is 5.79. The molecule has 10 nitrogen and oxygen atoms in total. The predicted molar refractivity (Wildman–Crippen MR) is 111 cm³/mol. The molecule has 0 saturated heterocycles. The van der Waals surface area contributed by atoms with Crippen LogP contribution < -0.4 is 26.8 Å². The van der Waals surface area contributed by atoms with Crippen LogP contribution in [0.2, 0.25) is 5.02 Å². The maximum Gasteiger partial charge on any atom is 0.211 e. The average Bonchev–Trinajstić information content (AvgIpc) is 2.68. The number of guanidine groups is 1. The zero-order valence-corrected chi connectivity index (χ0v) is 17.3. The number of phenols is 1. The van der Waals surface area contributed by atoms with E-state index in [4.69, 9.17) is 33.1 Å². The van der Waals surface area contributed by atoms with Crippen LogP contribution in [0.15, 0.2) is 15.5 Å². The molecule has 1 aliphatic heterocycles. The van der Waals surface area contributed by atoms with Gasteiger partial charge in [0, 0.05) is 15.6 Å². The van der Waals surface area contributed by atoms with Crippen LogP contribution in [0.3, 0.4) is 0 Å². The molecule has 2 aromatic rings. The number of nitrogens with two attached hydrogens (primary N) is 2. The van der Waals surface area contributed by atoms with Crippen molar-refractivity contribution < 1.29 is 9.84 Å². The van der Waals surface area contributed by atoms with E-state index in [2.05, 4.69) is 36.5 Å². The molecular formula is C17H14BrClN8O2. The lowest BCUT2D eigenvalue weighted by atomic mass is 9.95. The molecule has 1 aromatic heterocycles. The first kappa shape index (κ1) is 20.3. The molecule has 1 atom stereocenters. The number of aliphatic imine (C=N–C) groups is 1. The van der Waals surface area contributed by atoms with Crippen LogP contribution in [0, 0.1) is 22.8 Å². The Hall–Kier alpha value is -3.41. The van der Waals surface area contributed by atoms with E-state index >= 15 is 0 Å². The molecule has 0 saturated carbocycles. The molecule has 29 heavy (non-hydrogen) atoms. The molecule has 2 heterocycles. The third-order valence-electron chi connectivity index (χ3n) is 4.13. The number of anilines is 3. The Morgan fingerprint density at radius 3 is 2.79 bits per heavy atom. The Morgan fingerprint density at radius 1 is 1.45 bits per heavy atom. The first-order chi connectivity index (χ1) is 13.8. The van der Waals surface area contributed by atoms with Crippen LogP contribution in [0.1, 0.15) is 29.7 Å². The number of phenolic OH excluding ortho intramolecular Hbond substituents is 1. The zero-order valence-electron chi connectivity index (χ0n) is 14.9. The number of hydrogen-bond donors (Lipinski definition) is 5. The Bertz CT molecular complexity index is 1120. The van der Waals surface area contributed by atoms with E-state index in [0.717, 1.165) is 0 Å². The molecule has 1 unspecified atom stereocenters. The number of hydrogen-bond acceptors (Lipinski definition) is 10. The SMILES string of the molecule is CCOc1cc(C2N=C(NC#N)Nc3nc(N)c(C#N)c(N)c32)c(Br)c(Cl)c1O. The highest BCUT2D eigenvalue weighted by molar-refractivity contribution is 9.10. The molecule has 0 spiro atoms. The standard InChI is InChI=1S/C17H14BrClN8O2/c1-2-29-8-3-6(10(18)11(19)14(8)28)13-9-12(22)7(4-20)15(23)26-16(9)27-17(25-13)24-5-21/h3,13,28H,2H2,1H3,(H6,22,23,24,25,26,27). The largest absolute Gasteiger partial charge is 0.503 e. The fourth-order valence-electron chi connectivity index (χ4n) is 2.88. The van der Waals surface area contributed by atoms with Gasteiger partial charge in [0.2, 0.25) is 5.96 Å². The van der Waals surface area contributed by atoms with Crippen LogP contribution in [0.25, 0.3) is 0 Å². The first-order valence-electron chi connectivity index (χ1n) is 8.16. The van der Waals surface area contributed by atoms with E-state index in [0.29, 0.717) is 15.6 Å². The molecule has 0 aliphatic carbocycles. The molecular weight excluding hydrogens is 464 g/mol. The fourth-order valence-corrected chi connectivity index (χ4v) is 3.60. The van der Waals surface area contributed by atoms with Gasteiger partial charge in [-0.2, -0.15) is 10.5 Å². The molecule has 12 heteroatoms. The third-order valence-corrected chi connectivity index (χ3v) is 5.58. The minimum Gasteiger partial charge on any atom is -0.503 e. The van der Waals surface area contributed by atoms with Gasteiger partial charge < -0.3 is 26.6 Å². The van der Waals surface area contributed by atoms with Crippen molar-refractivity contribution >= 4 is 50.8 Å². The van der Waals surface area contributed by atoms with Crippen molar-refractivity contribution in [2.75, 3.05) is 23.4 Å². The van der Waals surface area contributed by atoms with E-state index in [1.807, 2.05) is 6.07 Å². The summed E-state index contributed by atoms with van der Waals surface area (Å²) in [5, 5.41) is 33.9. The van der Waals surface area contributed by atoms with Gasteiger partial charge in [-0.1, -0.05) is 11.6 Å². The highest BCUT2D eigenvalue weighted by atomic mass is 79.9. The minimum absolute atomic E-state index is 0.00784. The van der Waals surface area contributed by atoms with Crippen LogP contribution in [0.5, 0.6) is 11.5 Å². The maximum atomic E-state index is 10.2. The van der Waals surface area contributed by atoms with Gasteiger partial charge in [-0.25, -0.2) is 9.98 Å². The van der Waals surface area contributed by atoms with Gasteiger partial charge in [-0.05, 0) is 28.9 Å². The monoisotopic (exact) mass is 476 g/mol. The summed E-state index contributed by atoms with van der Waals surface area (Å²) in [6, 6.07) is 2.64. The van der Waals surface area contributed by atoms with Gasteiger partial charge in [-0.3, -0.25) is 5.32 Å². The van der Waals surface area contributed by atoms with Crippen molar-refractivity contribution in [2.24, 2.45) is 4.99 Å². The quantitative estimate of drug-likeness (QED) is 0.328. The fraction of sp³-hybridized carbons (Fsp3) is 0.176. The molecule has 0 radical (unpaired) electrons. The van der Waals surface area contributed by atoms with Gasteiger partial charge in [0.15, 0.2) is 17.7 Å². The van der Waals surface area contributed by atoms with Crippen LogP contribution in [-0.2, 0) is 0 Å². The summed E-state index contributed by atoms with van der Waals surface area (Å²) in [5.74, 6) is 0.161. The number of nitrogens with one attached hydrogen (secondary N) is 2. The maximum absolute atomic E-state index is 10.2. The Balaban J connectivity index is 2.33. The molecule has 0 bridgehead atoms. The Kier molecular flexibility index (Phi) is 5.55. The van der Waals surface area contributed by atoms with Crippen LogP contribution in [0.4, 0.5) is 17.3 Å². The van der Waals surface area contributed by atoms with E-state index in [-0.39, 0.29) is 52.0 Å². The highest BCUT2D eigenvalue weighted by Gasteiger charge is 2.32. The number of ether oxygens (including phenoxy) is 1. The van der Waals surface area contributed by atoms with Crippen LogP contribution in [-0.4, -0.2) is 22.7 Å². The van der Waals surface area contributed by atoms with Gasteiger partial charge in [0.05, 0.1) is 12.3 Å². The lowest BCUT2D eigenvalue weighted by Gasteiger charge is -2.27. The molecule has 7 N–H and O–H groups in total. The number of nitriles is 2. The number of aromatic nitrogens is 1. The van der Waals surface area contributed by atoms with E-state index in [1.54, 1.807) is 19.2 Å². The van der Waals surface area contributed by atoms with Crippen molar-refractivity contribution in [3.8, 4) is 23.8 Å². The van der Waals surface area contributed by atoms with E-state index in [9.17, 15) is 10.4 Å². The summed E-state index contributed by atoms with van der Waals surface area (Å²) in [6.45, 7) is 2.04. The molecule has 0 fully saturated rings. The molecule has 0 amide bonds. The first-order valence-corrected chi connectivity index (χ1v) is 9.33. The molecule has 3 rings (SSSR count). The number of nitrogen functional groups attached to an aromatic ring is 2. The number of benzene rings is 1. The number of halogens is 2. The Labute approximate surface area is 178 Å². The third kappa shape index (κ3) is 3.42. The summed E-state index contributed by atoms with van der Waals surface area (Å²) >= 11 is 9.63. The number of fused-ring (bicyclic) bond motifs is 1. The van der Waals surface area contributed by atoms with Crippen molar-refractivity contribution in [1.82, 2.24) is 10.3 Å². The highest BCUT2D eigenvalue weighted by Crippen LogP contribution is 2.48. The second-order valence-electron chi connectivity index (χ2n) is 5.78. The Morgan fingerprint density at radius 2 is 2.17 bits per heavy atom. The second-order valence-corrected chi connectivity index (χ2v) is 6.95. The van der Waals surface area contributed by atoms with Crippen molar-refractivity contribution in [3.05, 3.63) is 32.3 Å². The van der Waals surface area contributed by atoms with Crippen molar-refractivity contribution in [1.29, 1.82) is 10.5 Å². The van der Waals surface area contributed by atoms with Gasteiger partial charge in [-0.15, -0.1) is 0 Å². The van der Waals surface area contributed by atoms with Gasteiger partial charge >= 0.3 is 0 Å². The zero-order chi connectivity index (χ0) is 21.3. The topological polar surface area (TPSA) is 178 Å². The molecule has 1 aromatic carbocycles. The second kappa shape index (κ2) is 7.91. The number of pyridine rings is 1. The van der Waals surface area contributed by atoms with Crippen molar-refractivity contribution in [2.45, 2.75) is 13.0 Å². The summed E-state index contributed by atoms with van der Waals surface area (Å²) in [6.07, 6.45) is 1.77. The predicted octanol–water partition coefficient (Wildman–Crippen LogP) is 2.58. The van der Waals surface area contributed by atoms with E-state index in [1.165, 1.54) is 0 Å². The average molecular weight is 478 g/mol. The van der Waals surface area contributed by atoms with Crippen molar-refractivity contribution in [3.63, 3.8) is 0 Å². The number of rotatable bonds is 3. The smallest absolute Gasteiger partial charge is 0.211 e. The number of nitrogens with zero attached hydrogens (tertiary/aromatic N) is 4. The lowest BCUT2D eigenvalue weighted by molar-refractivity contribution is 0.317. The molecule has 148 valence electrons. The van der Waals surface area contributed by atoms with Gasteiger partial charge in [0.25, 0.3) is 0 Å². The van der Waals surface area contributed by atoms with Gasteiger partial charge in [0.1, 0.15) is 34.3 Å². The lowest BCUT2D eigenvalue weighted by Crippen LogP contribution is -2.32. The summed E-state index contributed by atoms with van der Waals surface area (Å²) in [7, 11) is 0. The normalized spacial score (nSPS) is 14.7. The van der Waals surface area contributed by atoms with Crippen LogP contribution >= 0.6 is 27.5 Å². The minimum atomic E-state index is -0.839. The molecule has 1 aliphatic rings. The number of aromatic hydroxyl groups is 1.